The normalized spacial score (nSPS) is 23.0. The number of carbonyl (C=O) groups excluding carboxylic acids is 1. The zero-order chi connectivity index (χ0) is 20.9. The molecule has 150 valence electrons. The Morgan fingerprint density at radius 1 is 1.17 bits per heavy atom. The Labute approximate surface area is 173 Å². The predicted octanol–water partition coefficient (Wildman–Crippen LogP) is 3.07. The number of hydrogen-bond acceptors (Lipinski definition) is 4. The first-order valence-corrected chi connectivity index (χ1v) is 9.95. The lowest BCUT2D eigenvalue weighted by molar-refractivity contribution is -0.134. The monoisotopic (exact) mass is 399 g/mol. The molecule has 0 radical (unpaired) electrons. The Bertz CT molecular complexity index is 1290. The van der Waals surface area contributed by atoms with E-state index in [1.54, 1.807) is 17.9 Å². The summed E-state index contributed by atoms with van der Waals surface area (Å²) in [5.41, 5.74) is 1.62. The minimum Gasteiger partial charge on any atom is -0.380 e. The molecule has 2 heterocycles. The van der Waals surface area contributed by atoms with Gasteiger partial charge in [0.25, 0.3) is 11.5 Å². The van der Waals surface area contributed by atoms with Gasteiger partial charge in [-0.05, 0) is 43.2 Å². The molecule has 1 aliphatic carbocycles. The Kier molecular flexibility index (Phi) is 4.18. The summed E-state index contributed by atoms with van der Waals surface area (Å²) in [4.78, 5) is 26.7. The van der Waals surface area contributed by atoms with Crippen molar-refractivity contribution >= 4 is 22.4 Å². The summed E-state index contributed by atoms with van der Waals surface area (Å²) in [5.74, 6) is -0.560. The summed E-state index contributed by atoms with van der Waals surface area (Å²) >= 11 is 0. The van der Waals surface area contributed by atoms with Crippen LogP contribution in [0.1, 0.15) is 24.6 Å². The van der Waals surface area contributed by atoms with Crippen LogP contribution >= 0.6 is 0 Å². The molecule has 2 aliphatic rings. The fourth-order valence-electron chi connectivity index (χ4n) is 4.43. The zero-order valence-electron chi connectivity index (χ0n) is 16.5. The number of fused-ring (bicyclic) bond motifs is 2. The fraction of sp³-hybridized carbons (Fsp3) is 0.208. The van der Waals surface area contributed by atoms with Gasteiger partial charge in [-0.1, -0.05) is 42.5 Å². The highest BCUT2D eigenvalue weighted by atomic mass is 16.3. The minimum atomic E-state index is -1.43. The number of aromatic amines is 1. The largest absolute Gasteiger partial charge is 0.380 e. The maximum absolute atomic E-state index is 13.0. The first kappa shape index (κ1) is 18.5. The lowest BCUT2D eigenvalue weighted by Gasteiger charge is -2.22. The van der Waals surface area contributed by atoms with Crippen molar-refractivity contribution in [3.63, 3.8) is 0 Å². The van der Waals surface area contributed by atoms with Crippen molar-refractivity contribution in [2.45, 2.75) is 25.4 Å². The van der Waals surface area contributed by atoms with E-state index >= 15 is 0 Å². The number of allylic oxidation sites excluding steroid dienone is 3. The van der Waals surface area contributed by atoms with Gasteiger partial charge >= 0.3 is 0 Å². The molecule has 1 aromatic heterocycles. The van der Waals surface area contributed by atoms with Gasteiger partial charge in [-0.15, -0.1) is 0 Å². The Morgan fingerprint density at radius 3 is 2.80 bits per heavy atom. The number of hydrogen-bond donors (Lipinski definition) is 2. The highest BCUT2D eigenvalue weighted by molar-refractivity contribution is 6.06. The Morgan fingerprint density at radius 2 is 1.97 bits per heavy atom. The van der Waals surface area contributed by atoms with E-state index in [0.29, 0.717) is 18.2 Å². The van der Waals surface area contributed by atoms with Gasteiger partial charge in [-0.2, -0.15) is 5.10 Å². The van der Waals surface area contributed by atoms with Crippen molar-refractivity contribution < 1.29 is 9.90 Å². The maximum Gasteiger partial charge on any atom is 0.272 e. The highest BCUT2D eigenvalue weighted by Crippen LogP contribution is 2.44. The molecule has 0 saturated carbocycles. The van der Waals surface area contributed by atoms with E-state index in [0.717, 1.165) is 28.0 Å². The van der Waals surface area contributed by atoms with Crippen molar-refractivity contribution in [2.75, 3.05) is 4.90 Å². The van der Waals surface area contributed by atoms with Crippen LogP contribution in [0.15, 0.2) is 77.3 Å². The molecule has 2 atom stereocenters. The van der Waals surface area contributed by atoms with Gasteiger partial charge in [0.1, 0.15) is 5.60 Å². The molecule has 30 heavy (non-hydrogen) atoms. The average molecular weight is 399 g/mol. The predicted molar refractivity (Wildman–Crippen MR) is 115 cm³/mol. The summed E-state index contributed by atoms with van der Waals surface area (Å²) in [6, 6.07) is 15.1. The lowest BCUT2D eigenvalue weighted by Crippen LogP contribution is -2.40. The van der Waals surface area contributed by atoms with Crippen molar-refractivity contribution in [2.24, 2.45) is 5.92 Å². The molecule has 2 N–H and O–H groups in total. The van der Waals surface area contributed by atoms with Crippen molar-refractivity contribution in [1.29, 1.82) is 0 Å². The number of benzene rings is 2. The number of aliphatic hydroxyl groups is 1. The second kappa shape index (κ2) is 6.78. The Hall–Kier alpha value is -3.51. The number of nitrogens with one attached hydrogen (secondary N) is 1. The number of amides is 1. The molecule has 2 aromatic carbocycles. The second-order valence-corrected chi connectivity index (χ2v) is 7.99. The molecule has 0 bridgehead atoms. The second-order valence-electron chi connectivity index (χ2n) is 7.99. The quantitative estimate of drug-likeness (QED) is 0.709. The molecular formula is C24H21N3O3. The number of aromatic nitrogens is 2. The summed E-state index contributed by atoms with van der Waals surface area (Å²) in [6.07, 6.45) is 6.94. The third-order valence-electron chi connectivity index (χ3n) is 6.02. The SMILES string of the molecule is CC1(O)C(=O)N(c2cccc(Cc3n[nH]c(=O)c4ccccc34)c2)C2=CC=CCC21. The van der Waals surface area contributed by atoms with Gasteiger partial charge in [0.15, 0.2) is 0 Å². The first-order chi connectivity index (χ1) is 14.5. The van der Waals surface area contributed by atoms with Gasteiger partial charge in [0.05, 0.1) is 11.1 Å². The first-order valence-electron chi connectivity index (χ1n) is 9.95. The number of nitrogens with zero attached hydrogens (tertiary/aromatic N) is 2. The summed E-state index contributed by atoms with van der Waals surface area (Å²) in [5, 5.41) is 19.1. The van der Waals surface area contributed by atoms with Crippen LogP contribution in [0, 0.1) is 5.92 Å². The van der Waals surface area contributed by atoms with Crippen LogP contribution < -0.4 is 10.5 Å². The molecule has 2 unspecified atom stereocenters. The fourth-order valence-corrected chi connectivity index (χ4v) is 4.43. The number of rotatable bonds is 3. The minimum absolute atomic E-state index is 0.212. The van der Waals surface area contributed by atoms with Crippen molar-refractivity contribution in [3.05, 3.63) is 94.1 Å². The van der Waals surface area contributed by atoms with E-state index in [1.165, 1.54) is 0 Å². The standard InChI is InChI=1S/C24H21N3O3/c1-24(30)19-11-4-5-12-21(19)27(23(24)29)16-8-6-7-15(13-16)14-20-17-9-2-3-10-18(17)22(28)26-25-20/h2-10,12-13,19,30H,11,14H2,1H3,(H,26,28). The number of carbonyl (C=O) groups is 1. The van der Waals surface area contributed by atoms with Crippen molar-refractivity contribution in [1.82, 2.24) is 10.2 Å². The third kappa shape index (κ3) is 2.80. The average Bonchev–Trinajstić information content (AvgIpc) is 2.96. The van der Waals surface area contributed by atoms with Gasteiger partial charge < -0.3 is 5.11 Å². The van der Waals surface area contributed by atoms with Gasteiger partial charge in [0, 0.05) is 29.1 Å². The van der Waals surface area contributed by atoms with E-state index in [4.69, 9.17) is 0 Å². The Balaban J connectivity index is 1.54. The molecular weight excluding hydrogens is 378 g/mol. The summed E-state index contributed by atoms with van der Waals surface area (Å²) in [7, 11) is 0. The maximum atomic E-state index is 13.0. The van der Waals surface area contributed by atoms with Crippen LogP contribution in [0.3, 0.4) is 0 Å². The highest BCUT2D eigenvalue weighted by Gasteiger charge is 2.53. The molecule has 1 amide bonds. The molecule has 1 saturated heterocycles. The molecule has 1 fully saturated rings. The number of anilines is 1. The van der Waals surface area contributed by atoms with Crippen LogP contribution in [0.2, 0.25) is 0 Å². The molecule has 6 heteroatoms. The van der Waals surface area contributed by atoms with E-state index < -0.39 is 5.60 Å². The van der Waals surface area contributed by atoms with Crippen LogP contribution in [0.5, 0.6) is 0 Å². The lowest BCUT2D eigenvalue weighted by atomic mass is 9.85. The van der Waals surface area contributed by atoms with Crippen LogP contribution in [0.4, 0.5) is 5.69 Å². The molecule has 1 aliphatic heterocycles. The smallest absolute Gasteiger partial charge is 0.272 e. The summed E-state index contributed by atoms with van der Waals surface area (Å²) in [6.45, 7) is 1.59. The van der Waals surface area contributed by atoms with Gasteiger partial charge in [-0.3, -0.25) is 14.5 Å². The molecule has 5 rings (SSSR count). The molecule has 3 aromatic rings. The van der Waals surface area contributed by atoms with E-state index in [9.17, 15) is 14.7 Å². The van der Waals surface area contributed by atoms with E-state index in [1.807, 2.05) is 60.7 Å². The van der Waals surface area contributed by atoms with Crippen LogP contribution in [0.25, 0.3) is 10.8 Å². The van der Waals surface area contributed by atoms with Gasteiger partial charge in [-0.25, -0.2) is 5.10 Å². The molecule has 6 nitrogen and oxygen atoms in total. The van der Waals surface area contributed by atoms with Gasteiger partial charge in [0.2, 0.25) is 0 Å². The van der Waals surface area contributed by atoms with Crippen molar-refractivity contribution in [3.8, 4) is 0 Å². The molecule has 0 spiro atoms. The van der Waals surface area contributed by atoms with E-state index in [2.05, 4.69) is 10.2 Å². The zero-order valence-corrected chi connectivity index (χ0v) is 16.5. The summed E-state index contributed by atoms with van der Waals surface area (Å²) < 4.78 is 0. The van der Waals surface area contributed by atoms with Crippen LogP contribution in [-0.4, -0.2) is 26.8 Å². The third-order valence-corrected chi connectivity index (χ3v) is 6.02. The number of H-pyrrole nitrogens is 1. The van der Waals surface area contributed by atoms with E-state index in [-0.39, 0.29) is 17.4 Å². The topological polar surface area (TPSA) is 86.3 Å². The van der Waals surface area contributed by atoms with Crippen LogP contribution in [-0.2, 0) is 11.2 Å².